The molecule has 1 unspecified atom stereocenters. The highest BCUT2D eigenvalue weighted by atomic mass is 32.2. The third-order valence-corrected chi connectivity index (χ3v) is 4.83. The van der Waals surface area contributed by atoms with Crippen molar-refractivity contribution in [2.75, 3.05) is 25.1 Å². The van der Waals surface area contributed by atoms with Gasteiger partial charge in [0, 0.05) is 23.6 Å². The third kappa shape index (κ3) is 2.62. The second-order valence-electron chi connectivity index (χ2n) is 5.19. The molecule has 2 rings (SSSR count). The molecule has 1 aromatic rings. The summed E-state index contributed by atoms with van der Waals surface area (Å²) in [5, 5.41) is 0. The summed E-state index contributed by atoms with van der Waals surface area (Å²) < 4.78 is 0. The zero-order valence-electron chi connectivity index (χ0n) is 11.6. The van der Waals surface area contributed by atoms with Crippen LogP contribution in [0.3, 0.4) is 0 Å². The van der Waals surface area contributed by atoms with Gasteiger partial charge in [-0.2, -0.15) is 11.8 Å². The minimum atomic E-state index is 0.0459. The topological polar surface area (TPSA) is 20.3 Å². The van der Waals surface area contributed by atoms with Gasteiger partial charge in [0.2, 0.25) is 0 Å². The summed E-state index contributed by atoms with van der Waals surface area (Å²) in [5.74, 6) is 2.33. The van der Waals surface area contributed by atoms with E-state index in [9.17, 15) is 4.79 Å². The molecule has 0 spiro atoms. The first-order valence-corrected chi connectivity index (χ1v) is 7.56. The van der Waals surface area contributed by atoms with Crippen molar-refractivity contribution in [3.8, 4) is 0 Å². The first-order chi connectivity index (χ1) is 8.50. The van der Waals surface area contributed by atoms with Gasteiger partial charge in [-0.1, -0.05) is 6.07 Å². The van der Waals surface area contributed by atoms with E-state index in [2.05, 4.69) is 37.9 Å². The van der Waals surface area contributed by atoms with Gasteiger partial charge in [0.05, 0.1) is 6.04 Å². The number of hydrogen-bond acceptors (Lipinski definition) is 3. The standard InChI is InChI=1S/C15H21NOS/c1-10-7-12(3)13(8-11(10)2)15(17)14-9-18-6-5-16(14)4/h7-8,14H,5-6,9H2,1-4H3. The molecule has 1 fully saturated rings. The number of ketones is 1. The number of thioether (sulfide) groups is 1. The van der Waals surface area contributed by atoms with Crippen LogP contribution in [0.2, 0.25) is 0 Å². The normalized spacial score (nSPS) is 21.0. The van der Waals surface area contributed by atoms with E-state index in [0.717, 1.165) is 29.2 Å². The maximum atomic E-state index is 12.6. The van der Waals surface area contributed by atoms with Gasteiger partial charge in [0.15, 0.2) is 5.78 Å². The predicted octanol–water partition coefficient (Wildman–Crippen LogP) is 2.84. The molecule has 1 aliphatic rings. The number of rotatable bonds is 2. The largest absolute Gasteiger partial charge is 0.295 e. The maximum absolute atomic E-state index is 12.6. The number of aryl methyl sites for hydroxylation is 3. The van der Waals surface area contributed by atoms with Crippen molar-refractivity contribution < 1.29 is 4.79 Å². The lowest BCUT2D eigenvalue weighted by Crippen LogP contribution is -2.45. The zero-order chi connectivity index (χ0) is 13.3. The molecule has 0 radical (unpaired) electrons. The summed E-state index contributed by atoms with van der Waals surface area (Å²) in [4.78, 5) is 14.8. The molecule has 1 heterocycles. The van der Waals surface area contributed by atoms with Gasteiger partial charge in [-0.25, -0.2) is 0 Å². The predicted molar refractivity (Wildman–Crippen MR) is 78.7 cm³/mol. The molecule has 2 nitrogen and oxygen atoms in total. The Bertz CT molecular complexity index is 470. The van der Waals surface area contributed by atoms with Crippen molar-refractivity contribution in [3.63, 3.8) is 0 Å². The van der Waals surface area contributed by atoms with Crippen LogP contribution < -0.4 is 0 Å². The number of carbonyl (C=O) groups excluding carboxylic acids is 1. The second-order valence-corrected chi connectivity index (χ2v) is 6.34. The molecular formula is C15H21NOS. The number of carbonyl (C=O) groups is 1. The highest BCUT2D eigenvalue weighted by molar-refractivity contribution is 7.99. The van der Waals surface area contributed by atoms with Crippen molar-refractivity contribution >= 4 is 17.5 Å². The minimum absolute atomic E-state index is 0.0459. The van der Waals surface area contributed by atoms with Gasteiger partial charge in [-0.05, 0) is 50.6 Å². The van der Waals surface area contributed by atoms with Crippen LogP contribution in [0.4, 0.5) is 0 Å². The van der Waals surface area contributed by atoms with Gasteiger partial charge >= 0.3 is 0 Å². The third-order valence-electron chi connectivity index (χ3n) is 3.80. The average molecular weight is 263 g/mol. The lowest BCUT2D eigenvalue weighted by atomic mass is 9.95. The van der Waals surface area contributed by atoms with Crippen molar-refractivity contribution in [1.29, 1.82) is 0 Å². The molecule has 0 amide bonds. The van der Waals surface area contributed by atoms with E-state index in [0.29, 0.717) is 0 Å². The van der Waals surface area contributed by atoms with Gasteiger partial charge in [-0.3, -0.25) is 9.69 Å². The molecule has 0 aromatic heterocycles. The Labute approximate surface area is 114 Å². The number of hydrogen-bond donors (Lipinski definition) is 0. The van der Waals surface area contributed by atoms with Crippen LogP contribution >= 0.6 is 11.8 Å². The fraction of sp³-hybridized carbons (Fsp3) is 0.533. The highest BCUT2D eigenvalue weighted by Gasteiger charge is 2.28. The van der Waals surface area contributed by atoms with Crippen molar-refractivity contribution in [2.45, 2.75) is 26.8 Å². The van der Waals surface area contributed by atoms with E-state index in [1.165, 1.54) is 11.1 Å². The molecule has 0 N–H and O–H groups in total. The maximum Gasteiger partial charge on any atom is 0.181 e. The van der Waals surface area contributed by atoms with E-state index in [1.54, 1.807) is 0 Å². The summed E-state index contributed by atoms with van der Waals surface area (Å²) in [6.45, 7) is 7.21. The highest BCUT2D eigenvalue weighted by Crippen LogP contribution is 2.22. The van der Waals surface area contributed by atoms with Gasteiger partial charge in [0.1, 0.15) is 0 Å². The van der Waals surface area contributed by atoms with Crippen molar-refractivity contribution in [3.05, 3.63) is 34.4 Å². The average Bonchev–Trinajstić information content (AvgIpc) is 2.33. The molecular weight excluding hydrogens is 242 g/mol. The molecule has 0 aliphatic carbocycles. The van der Waals surface area contributed by atoms with Gasteiger partial charge in [-0.15, -0.1) is 0 Å². The fourth-order valence-electron chi connectivity index (χ4n) is 2.37. The number of Topliss-reactive ketones (excluding diaryl/α,β-unsaturated/α-hetero) is 1. The molecule has 18 heavy (non-hydrogen) atoms. The van der Waals surface area contributed by atoms with Crippen LogP contribution in [0, 0.1) is 20.8 Å². The Balaban J connectivity index is 2.30. The van der Waals surface area contributed by atoms with E-state index in [-0.39, 0.29) is 11.8 Å². The van der Waals surface area contributed by atoms with Crippen LogP contribution in [0.5, 0.6) is 0 Å². The molecule has 98 valence electrons. The number of benzene rings is 1. The molecule has 1 aliphatic heterocycles. The van der Waals surface area contributed by atoms with E-state index in [1.807, 2.05) is 18.7 Å². The quantitative estimate of drug-likeness (QED) is 0.765. The van der Waals surface area contributed by atoms with E-state index < -0.39 is 0 Å². The Morgan fingerprint density at radius 1 is 1.22 bits per heavy atom. The monoisotopic (exact) mass is 263 g/mol. The number of likely N-dealkylation sites (N-methyl/N-ethyl adjacent to an activating group) is 1. The molecule has 1 atom stereocenters. The summed E-state index contributed by atoms with van der Waals surface area (Å²) in [5.41, 5.74) is 4.47. The molecule has 1 saturated heterocycles. The Morgan fingerprint density at radius 3 is 2.56 bits per heavy atom. The van der Waals surface area contributed by atoms with Gasteiger partial charge < -0.3 is 0 Å². The first kappa shape index (κ1) is 13.6. The Morgan fingerprint density at radius 2 is 1.89 bits per heavy atom. The zero-order valence-corrected chi connectivity index (χ0v) is 12.4. The Kier molecular flexibility index (Phi) is 4.13. The fourth-order valence-corrected chi connectivity index (χ4v) is 3.58. The summed E-state index contributed by atoms with van der Waals surface area (Å²) in [6.07, 6.45) is 0. The van der Waals surface area contributed by atoms with Crippen LogP contribution in [-0.4, -0.2) is 41.8 Å². The lowest BCUT2D eigenvalue weighted by molar-refractivity contribution is 0.0874. The molecule has 0 bridgehead atoms. The summed E-state index contributed by atoms with van der Waals surface area (Å²) >= 11 is 1.88. The van der Waals surface area contributed by atoms with Gasteiger partial charge in [0.25, 0.3) is 0 Å². The Hall–Kier alpha value is -0.800. The smallest absolute Gasteiger partial charge is 0.181 e. The van der Waals surface area contributed by atoms with Crippen molar-refractivity contribution in [2.24, 2.45) is 0 Å². The minimum Gasteiger partial charge on any atom is -0.295 e. The summed E-state index contributed by atoms with van der Waals surface area (Å²) in [6, 6.07) is 4.23. The second kappa shape index (κ2) is 5.45. The molecule has 0 saturated carbocycles. The number of nitrogens with zero attached hydrogens (tertiary/aromatic N) is 1. The molecule has 3 heteroatoms. The SMILES string of the molecule is Cc1cc(C)c(C(=O)C2CSCCN2C)cc1C. The summed E-state index contributed by atoms with van der Waals surface area (Å²) in [7, 11) is 2.05. The van der Waals surface area contributed by atoms with E-state index >= 15 is 0 Å². The molecule has 1 aromatic carbocycles. The van der Waals surface area contributed by atoms with Crippen molar-refractivity contribution in [1.82, 2.24) is 4.90 Å². The van der Waals surface area contributed by atoms with Crippen LogP contribution in [-0.2, 0) is 0 Å². The van der Waals surface area contributed by atoms with E-state index in [4.69, 9.17) is 0 Å². The first-order valence-electron chi connectivity index (χ1n) is 6.40. The van der Waals surface area contributed by atoms with Crippen LogP contribution in [0.25, 0.3) is 0 Å². The lowest BCUT2D eigenvalue weighted by Gasteiger charge is -2.31. The van der Waals surface area contributed by atoms with Crippen LogP contribution in [0.15, 0.2) is 12.1 Å². The van der Waals surface area contributed by atoms with Crippen LogP contribution in [0.1, 0.15) is 27.0 Å².